The number of nitrogens with two attached hydrogens (primary N) is 1. The van der Waals surface area contributed by atoms with E-state index in [0.29, 0.717) is 22.3 Å². The second-order valence-corrected chi connectivity index (χ2v) is 5.73. The molecule has 2 aromatic rings. The van der Waals surface area contributed by atoms with Gasteiger partial charge in [-0.25, -0.2) is 0 Å². The average Bonchev–Trinajstić information content (AvgIpc) is 2.39. The van der Waals surface area contributed by atoms with E-state index in [4.69, 9.17) is 33.7 Å². The summed E-state index contributed by atoms with van der Waals surface area (Å²) in [6.07, 6.45) is -0.287. The van der Waals surface area contributed by atoms with Crippen molar-refractivity contribution in [1.82, 2.24) is 0 Å². The molecule has 0 aliphatic carbocycles. The SMILES string of the molecule is NCC(Oc1cc(Br)ccc1Cl)c1cccc(Cl)c1. The van der Waals surface area contributed by atoms with Crippen molar-refractivity contribution in [3.63, 3.8) is 0 Å². The smallest absolute Gasteiger partial charge is 0.140 e. The zero-order valence-electron chi connectivity index (χ0n) is 9.95. The highest BCUT2D eigenvalue weighted by Crippen LogP contribution is 2.32. The summed E-state index contributed by atoms with van der Waals surface area (Å²) in [7, 11) is 0. The Balaban J connectivity index is 2.26. The molecular formula is C14H12BrCl2NO. The molecule has 0 heterocycles. The molecule has 1 unspecified atom stereocenters. The third-order valence-electron chi connectivity index (χ3n) is 2.60. The van der Waals surface area contributed by atoms with Crippen LogP contribution in [0.5, 0.6) is 5.75 Å². The molecule has 0 radical (unpaired) electrons. The van der Waals surface area contributed by atoms with Crippen LogP contribution >= 0.6 is 39.1 Å². The van der Waals surface area contributed by atoms with E-state index >= 15 is 0 Å². The van der Waals surface area contributed by atoms with Gasteiger partial charge in [-0.15, -0.1) is 0 Å². The first-order valence-electron chi connectivity index (χ1n) is 5.67. The molecule has 19 heavy (non-hydrogen) atoms. The minimum absolute atomic E-state index is 0.287. The summed E-state index contributed by atoms with van der Waals surface area (Å²) in [5, 5.41) is 1.20. The Labute approximate surface area is 130 Å². The normalized spacial score (nSPS) is 12.2. The zero-order valence-corrected chi connectivity index (χ0v) is 13.0. The highest BCUT2D eigenvalue weighted by Gasteiger charge is 2.14. The maximum absolute atomic E-state index is 6.10. The van der Waals surface area contributed by atoms with Crippen molar-refractivity contribution in [3.8, 4) is 5.75 Å². The van der Waals surface area contributed by atoms with Crippen molar-refractivity contribution in [2.24, 2.45) is 5.73 Å². The van der Waals surface area contributed by atoms with Crippen LogP contribution in [0, 0.1) is 0 Å². The topological polar surface area (TPSA) is 35.2 Å². The molecule has 0 saturated carbocycles. The van der Waals surface area contributed by atoms with Crippen LogP contribution in [0.1, 0.15) is 11.7 Å². The Morgan fingerprint density at radius 1 is 1.16 bits per heavy atom. The van der Waals surface area contributed by atoms with Crippen LogP contribution in [0.2, 0.25) is 10.0 Å². The van der Waals surface area contributed by atoms with Gasteiger partial charge in [0.05, 0.1) is 5.02 Å². The quantitative estimate of drug-likeness (QED) is 0.846. The predicted octanol–water partition coefficient (Wildman–Crippen LogP) is 4.83. The maximum atomic E-state index is 6.10. The average molecular weight is 361 g/mol. The van der Waals surface area contributed by atoms with Crippen molar-refractivity contribution in [3.05, 3.63) is 62.5 Å². The van der Waals surface area contributed by atoms with Gasteiger partial charge in [0.25, 0.3) is 0 Å². The van der Waals surface area contributed by atoms with E-state index in [0.717, 1.165) is 10.0 Å². The maximum Gasteiger partial charge on any atom is 0.140 e. The molecule has 1 atom stereocenters. The van der Waals surface area contributed by atoms with E-state index in [1.165, 1.54) is 0 Å². The second kappa shape index (κ2) is 6.62. The minimum atomic E-state index is -0.287. The molecule has 0 amide bonds. The molecule has 0 fully saturated rings. The third kappa shape index (κ3) is 3.86. The van der Waals surface area contributed by atoms with Crippen LogP contribution in [-0.2, 0) is 0 Å². The number of benzene rings is 2. The molecule has 0 bridgehead atoms. The first kappa shape index (κ1) is 14.7. The van der Waals surface area contributed by atoms with Crippen LogP contribution in [0.4, 0.5) is 0 Å². The van der Waals surface area contributed by atoms with Crippen LogP contribution in [-0.4, -0.2) is 6.54 Å². The molecule has 100 valence electrons. The van der Waals surface area contributed by atoms with Gasteiger partial charge in [0.1, 0.15) is 11.9 Å². The molecule has 2 N–H and O–H groups in total. The monoisotopic (exact) mass is 359 g/mol. The summed E-state index contributed by atoms with van der Waals surface area (Å²) in [6, 6.07) is 12.9. The van der Waals surface area contributed by atoms with Gasteiger partial charge in [0.2, 0.25) is 0 Å². The molecular weight excluding hydrogens is 349 g/mol. The van der Waals surface area contributed by atoms with E-state index in [9.17, 15) is 0 Å². The van der Waals surface area contributed by atoms with E-state index in [1.54, 1.807) is 6.07 Å². The van der Waals surface area contributed by atoms with Gasteiger partial charge < -0.3 is 10.5 Å². The lowest BCUT2D eigenvalue weighted by molar-refractivity contribution is 0.214. The Morgan fingerprint density at radius 3 is 2.63 bits per heavy atom. The summed E-state index contributed by atoms with van der Waals surface area (Å²) < 4.78 is 6.77. The molecule has 5 heteroatoms. The number of ether oxygens (including phenoxy) is 1. The Hall–Kier alpha value is -0.740. The van der Waals surface area contributed by atoms with Crippen LogP contribution in [0.25, 0.3) is 0 Å². The van der Waals surface area contributed by atoms with Crippen molar-refractivity contribution < 1.29 is 4.74 Å². The summed E-state index contributed by atoms with van der Waals surface area (Å²) in [5.41, 5.74) is 6.69. The van der Waals surface area contributed by atoms with Crippen LogP contribution in [0.15, 0.2) is 46.9 Å². The Kier molecular flexibility index (Phi) is 5.11. The first-order valence-corrected chi connectivity index (χ1v) is 7.22. The fourth-order valence-electron chi connectivity index (χ4n) is 1.68. The van der Waals surface area contributed by atoms with E-state index in [2.05, 4.69) is 15.9 Å². The zero-order chi connectivity index (χ0) is 13.8. The first-order chi connectivity index (χ1) is 9.10. The third-order valence-corrected chi connectivity index (χ3v) is 3.64. The summed E-state index contributed by atoms with van der Waals surface area (Å²) in [4.78, 5) is 0. The van der Waals surface area contributed by atoms with Crippen molar-refractivity contribution in [2.45, 2.75) is 6.10 Å². The lowest BCUT2D eigenvalue weighted by Crippen LogP contribution is -2.18. The number of halogens is 3. The fraction of sp³-hybridized carbons (Fsp3) is 0.143. The van der Waals surface area contributed by atoms with Crippen molar-refractivity contribution >= 4 is 39.1 Å². The Morgan fingerprint density at radius 2 is 1.95 bits per heavy atom. The highest BCUT2D eigenvalue weighted by molar-refractivity contribution is 9.10. The van der Waals surface area contributed by atoms with Gasteiger partial charge in [0.15, 0.2) is 0 Å². The van der Waals surface area contributed by atoms with Crippen LogP contribution in [0.3, 0.4) is 0 Å². The summed E-state index contributed by atoms with van der Waals surface area (Å²) in [6.45, 7) is 0.336. The molecule has 0 aromatic heterocycles. The number of hydrogen-bond donors (Lipinski definition) is 1. The lowest BCUT2D eigenvalue weighted by Gasteiger charge is -2.19. The number of hydrogen-bond acceptors (Lipinski definition) is 2. The van der Waals surface area contributed by atoms with E-state index in [-0.39, 0.29) is 6.10 Å². The largest absolute Gasteiger partial charge is 0.483 e. The van der Waals surface area contributed by atoms with Gasteiger partial charge in [0, 0.05) is 16.0 Å². The van der Waals surface area contributed by atoms with Crippen LogP contribution < -0.4 is 10.5 Å². The van der Waals surface area contributed by atoms with Gasteiger partial charge in [-0.3, -0.25) is 0 Å². The minimum Gasteiger partial charge on any atom is -0.483 e. The predicted molar refractivity (Wildman–Crippen MR) is 83.0 cm³/mol. The van der Waals surface area contributed by atoms with E-state index < -0.39 is 0 Å². The summed E-state index contributed by atoms with van der Waals surface area (Å²) in [5.74, 6) is 0.589. The lowest BCUT2D eigenvalue weighted by atomic mass is 10.1. The molecule has 0 aliphatic rings. The molecule has 2 aromatic carbocycles. The van der Waals surface area contributed by atoms with Gasteiger partial charge >= 0.3 is 0 Å². The Bertz CT molecular complexity index is 577. The van der Waals surface area contributed by atoms with Gasteiger partial charge in [-0.05, 0) is 35.9 Å². The van der Waals surface area contributed by atoms with Gasteiger partial charge in [-0.1, -0.05) is 51.3 Å². The second-order valence-electron chi connectivity index (χ2n) is 3.97. The highest BCUT2D eigenvalue weighted by atomic mass is 79.9. The van der Waals surface area contributed by atoms with Crippen molar-refractivity contribution in [1.29, 1.82) is 0 Å². The fourth-order valence-corrected chi connectivity index (χ4v) is 2.38. The molecule has 2 nitrogen and oxygen atoms in total. The van der Waals surface area contributed by atoms with Gasteiger partial charge in [-0.2, -0.15) is 0 Å². The molecule has 0 spiro atoms. The molecule has 2 rings (SSSR count). The van der Waals surface area contributed by atoms with Crippen molar-refractivity contribution in [2.75, 3.05) is 6.54 Å². The standard InChI is InChI=1S/C14H12BrCl2NO/c15-10-4-5-12(17)13(7-10)19-14(8-18)9-2-1-3-11(16)6-9/h1-7,14H,8,18H2. The number of rotatable bonds is 4. The summed E-state index contributed by atoms with van der Waals surface area (Å²) >= 11 is 15.5. The molecule has 0 saturated heterocycles. The molecule has 0 aliphatic heterocycles. The van der Waals surface area contributed by atoms with E-state index in [1.807, 2.05) is 36.4 Å².